The van der Waals surface area contributed by atoms with Crippen LogP contribution in [0.2, 0.25) is 5.02 Å². The normalized spacial score (nSPS) is 16.8. The fourth-order valence-corrected chi connectivity index (χ4v) is 4.99. The van der Waals surface area contributed by atoms with E-state index in [1.807, 2.05) is 45.0 Å². The summed E-state index contributed by atoms with van der Waals surface area (Å²) < 4.78 is 20.6. The van der Waals surface area contributed by atoms with Crippen molar-refractivity contribution in [1.29, 1.82) is 0 Å². The maximum atomic E-state index is 14.1. The van der Waals surface area contributed by atoms with E-state index in [9.17, 15) is 18.8 Å². The fraction of sp³-hybridized carbons (Fsp3) is 0.344. The lowest BCUT2D eigenvalue weighted by molar-refractivity contribution is -0.138. The van der Waals surface area contributed by atoms with E-state index in [0.717, 1.165) is 11.1 Å². The van der Waals surface area contributed by atoms with E-state index in [4.69, 9.17) is 16.3 Å². The van der Waals surface area contributed by atoms with E-state index in [1.54, 1.807) is 48.3 Å². The third kappa shape index (κ3) is 7.86. The van der Waals surface area contributed by atoms with Crippen LogP contribution in [-0.2, 0) is 27.4 Å². The molecule has 2 atom stereocenters. The quantitative estimate of drug-likeness (QED) is 0.321. The van der Waals surface area contributed by atoms with E-state index in [1.165, 1.54) is 6.07 Å². The predicted molar refractivity (Wildman–Crippen MR) is 161 cm³/mol. The molecule has 3 aromatic rings. The molecule has 10 heteroatoms. The molecule has 4 rings (SSSR count). The zero-order valence-electron chi connectivity index (χ0n) is 24.2. The van der Waals surface area contributed by atoms with Gasteiger partial charge in [-0.1, -0.05) is 74.8 Å². The summed E-state index contributed by atoms with van der Waals surface area (Å²) >= 11 is 6.46. The van der Waals surface area contributed by atoms with Crippen molar-refractivity contribution < 1.29 is 23.5 Å². The monoisotopic (exact) mass is 594 g/mol. The number of fused-ring (bicyclic) bond motifs is 1. The lowest BCUT2D eigenvalue weighted by atomic mass is 9.94. The van der Waals surface area contributed by atoms with Gasteiger partial charge in [0.05, 0.1) is 6.42 Å². The standard InChI is InChI=1S/C32H36ClFN4O4/c1-32(2,3)19-38-26-13-12-23(33)15-24(26)29(21-10-7-8-20(14-21)17-37-31(41)35-4)42-27(30(38)40)16-28(39)36-18-22-9-5-6-11-25(22)34/h5-15,27,29H,16-19H2,1-4H3,(H,36,39)(H2,35,37,41). The molecule has 3 aromatic carbocycles. The zero-order chi connectivity index (χ0) is 30.4. The van der Waals surface area contributed by atoms with Gasteiger partial charge >= 0.3 is 6.03 Å². The Balaban J connectivity index is 1.69. The Morgan fingerprint density at radius 3 is 2.48 bits per heavy atom. The Kier molecular flexibility index (Phi) is 9.85. The van der Waals surface area contributed by atoms with Gasteiger partial charge in [0, 0.05) is 48.5 Å². The van der Waals surface area contributed by atoms with Crippen LogP contribution >= 0.6 is 11.6 Å². The number of hydrogen-bond acceptors (Lipinski definition) is 4. The first kappa shape index (κ1) is 31.0. The first-order chi connectivity index (χ1) is 19.9. The summed E-state index contributed by atoms with van der Waals surface area (Å²) in [5.41, 5.74) is 2.96. The second-order valence-corrected chi connectivity index (χ2v) is 11.9. The van der Waals surface area contributed by atoms with Crippen molar-refractivity contribution in [2.75, 3.05) is 18.5 Å². The second kappa shape index (κ2) is 13.4. The molecule has 0 radical (unpaired) electrons. The number of amides is 4. The van der Waals surface area contributed by atoms with Crippen molar-refractivity contribution in [2.45, 2.75) is 52.5 Å². The molecule has 0 spiro atoms. The first-order valence-corrected chi connectivity index (χ1v) is 14.1. The zero-order valence-corrected chi connectivity index (χ0v) is 24.9. The Hall–Kier alpha value is -3.95. The number of benzene rings is 3. The molecular formula is C32H36ClFN4O4. The number of urea groups is 1. The topological polar surface area (TPSA) is 99.8 Å². The van der Waals surface area contributed by atoms with Crippen LogP contribution in [0.5, 0.6) is 0 Å². The van der Waals surface area contributed by atoms with Gasteiger partial charge in [-0.3, -0.25) is 9.59 Å². The summed E-state index contributed by atoms with van der Waals surface area (Å²) in [5.74, 6) is -1.22. The van der Waals surface area contributed by atoms with Crippen LogP contribution in [0.4, 0.5) is 14.9 Å². The third-order valence-electron chi connectivity index (χ3n) is 6.78. The molecule has 2 unspecified atom stereocenters. The minimum Gasteiger partial charge on any atom is -0.355 e. The minimum absolute atomic E-state index is 0.0161. The Labute approximate surface area is 250 Å². The lowest BCUT2D eigenvalue weighted by Gasteiger charge is -2.31. The molecule has 3 N–H and O–H groups in total. The Morgan fingerprint density at radius 2 is 1.76 bits per heavy atom. The molecule has 0 saturated heterocycles. The molecule has 0 aromatic heterocycles. The first-order valence-electron chi connectivity index (χ1n) is 13.8. The highest BCUT2D eigenvalue weighted by molar-refractivity contribution is 6.30. The van der Waals surface area contributed by atoms with E-state index in [0.29, 0.717) is 28.4 Å². The van der Waals surface area contributed by atoms with Crippen LogP contribution in [0, 0.1) is 11.2 Å². The molecule has 1 heterocycles. The summed E-state index contributed by atoms with van der Waals surface area (Å²) in [6.45, 7) is 6.71. The van der Waals surface area contributed by atoms with Gasteiger partial charge in [0.1, 0.15) is 18.0 Å². The number of halogens is 2. The van der Waals surface area contributed by atoms with E-state index in [2.05, 4.69) is 16.0 Å². The van der Waals surface area contributed by atoms with Crippen LogP contribution in [0.25, 0.3) is 0 Å². The average molecular weight is 595 g/mol. The number of nitrogens with one attached hydrogen (secondary N) is 3. The van der Waals surface area contributed by atoms with Gasteiger partial charge in [-0.2, -0.15) is 0 Å². The summed E-state index contributed by atoms with van der Waals surface area (Å²) in [6.07, 6.45) is -2.13. The van der Waals surface area contributed by atoms with Gasteiger partial charge in [-0.05, 0) is 40.8 Å². The van der Waals surface area contributed by atoms with E-state index < -0.39 is 23.9 Å². The second-order valence-electron chi connectivity index (χ2n) is 11.4. The van der Waals surface area contributed by atoms with Gasteiger partial charge in [-0.15, -0.1) is 0 Å². The van der Waals surface area contributed by atoms with Crippen LogP contribution in [-0.4, -0.2) is 37.5 Å². The van der Waals surface area contributed by atoms with Crippen molar-refractivity contribution in [2.24, 2.45) is 5.41 Å². The van der Waals surface area contributed by atoms with Gasteiger partial charge in [0.2, 0.25) is 5.91 Å². The number of hydrogen-bond donors (Lipinski definition) is 3. The SMILES string of the molecule is CNC(=O)NCc1cccc(C2OC(CC(=O)NCc3ccccc3F)C(=O)N(CC(C)(C)C)c3ccc(Cl)cc32)c1. The molecule has 1 aliphatic heterocycles. The smallest absolute Gasteiger partial charge is 0.314 e. The van der Waals surface area contributed by atoms with Crippen molar-refractivity contribution in [3.05, 3.63) is 99.8 Å². The molecule has 8 nitrogen and oxygen atoms in total. The van der Waals surface area contributed by atoms with Crippen LogP contribution in [0.1, 0.15) is 55.5 Å². The van der Waals surface area contributed by atoms with Gasteiger partial charge in [-0.25, -0.2) is 9.18 Å². The van der Waals surface area contributed by atoms with Crippen molar-refractivity contribution in [3.8, 4) is 0 Å². The third-order valence-corrected chi connectivity index (χ3v) is 7.01. The molecule has 4 amide bonds. The molecule has 0 bridgehead atoms. The average Bonchev–Trinajstić information content (AvgIpc) is 3.05. The summed E-state index contributed by atoms with van der Waals surface area (Å²) in [7, 11) is 1.54. The molecule has 0 saturated carbocycles. The number of carbonyl (C=O) groups is 3. The van der Waals surface area contributed by atoms with Crippen molar-refractivity contribution in [3.63, 3.8) is 0 Å². The maximum absolute atomic E-state index is 14.1. The number of carbonyl (C=O) groups excluding carboxylic acids is 3. The van der Waals surface area contributed by atoms with E-state index in [-0.39, 0.29) is 36.9 Å². The van der Waals surface area contributed by atoms with Crippen LogP contribution in [0.15, 0.2) is 66.7 Å². The molecule has 1 aliphatic rings. The minimum atomic E-state index is -1.13. The highest BCUT2D eigenvalue weighted by Crippen LogP contribution is 2.41. The Morgan fingerprint density at radius 1 is 1.00 bits per heavy atom. The highest BCUT2D eigenvalue weighted by atomic mass is 35.5. The number of nitrogens with zero attached hydrogens (tertiary/aromatic N) is 1. The number of anilines is 1. The summed E-state index contributed by atoms with van der Waals surface area (Å²) in [5, 5.41) is 8.49. The molecule has 0 aliphatic carbocycles. The largest absolute Gasteiger partial charge is 0.355 e. The van der Waals surface area contributed by atoms with E-state index >= 15 is 0 Å². The maximum Gasteiger partial charge on any atom is 0.314 e. The molecule has 222 valence electrons. The molecule has 42 heavy (non-hydrogen) atoms. The van der Waals surface area contributed by atoms with Crippen molar-refractivity contribution >= 4 is 35.1 Å². The number of rotatable bonds is 8. The summed E-state index contributed by atoms with van der Waals surface area (Å²) in [4.78, 5) is 40.6. The van der Waals surface area contributed by atoms with Crippen molar-refractivity contribution in [1.82, 2.24) is 16.0 Å². The Bertz CT molecular complexity index is 1460. The molecule has 0 fully saturated rings. The van der Waals surface area contributed by atoms with Gasteiger partial charge in [0.15, 0.2) is 0 Å². The molecular weight excluding hydrogens is 559 g/mol. The number of ether oxygens (including phenoxy) is 1. The predicted octanol–water partition coefficient (Wildman–Crippen LogP) is 5.48. The van der Waals surface area contributed by atoms with Gasteiger partial charge in [0.25, 0.3) is 5.91 Å². The lowest BCUT2D eigenvalue weighted by Crippen LogP contribution is -2.45. The fourth-order valence-electron chi connectivity index (χ4n) is 4.81. The summed E-state index contributed by atoms with van der Waals surface area (Å²) in [6, 6.07) is 18.7. The van der Waals surface area contributed by atoms with Gasteiger partial charge < -0.3 is 25.6 Å². The van der Waals surface area contributed by atoms with Crippen LogP contribution < -0.4 is 20.9 Å². The van der Waals surface area contributed by atoms with Crippen LogP contribution in [0.3, 0.4) is 0 Å². The highest BCUT2D eigenvalue weighted by Gasteiger charge is 2.39.